The van der Waals surface area contributed by atoms with Crippen molar-refractivity contribution in [2.75, 3.05) is 31.5 Å². The van der Waals surface area contributed by atoms with Gasteiger partial charge in [-0.3, -0.25) is 18.7 Å². The third kappa shape index (κ3) is 5.42. The summed E-state index contributed by atoms with van der Waals surface area (Å²) in [5, 5.41) is 2.68. The van der Waals surface area contributed by atoms with Gasteiger partial charge in [-0.25, -0.2) is 22.6 Å². The molecule has 0 bridgehead atoms. The number of amides is 2. The van der Waals surface area contributed by atoms with Crippen molar-refractivity contribution in [3.05, 3.63) is 52.7 Å². The molecular weight excluding hydrogens is 503 g/mol. The number of hydrogen-bond donors (Lipinski definition) is 1. The Bertz CT molecular complexity index is 1470. The molecule has 0 saturated carbocycles. The van der Waals surface area contributed by atoms with Crippen molar-refractivity contribution in [3.8, 4) is 0 Å². The van der Waals surface area contributed by atoms with E-state index in [9.17, 15) is 27.2 Å². The van der Waals surface area contributed by atoms with Crippen molar-refractivity contribution in [3.63, 3.8) is 0 Å². The van der Waals surface area contributed by atoms with Crippen LogP contribution in [0, 0.1) is 5.82 Å². The Balaban J connectivity index is 1.31. The molecule has 0 aliphatic carbocycles. The van der Waals surface area contributed by atoms with Crippen LogP contribution in [0.5, 0.6) is 0 Å². The molecule has 1 saturated heterocycles. The Morgan fingerprint density at radius 1 is 0.946 bits per heavy atom. The average molecular weight is 533 g/mol. The lowest BCUT2D eigenvalue weighted by atomic mass is 10.2. The lowest BCUT2D eigenvalue weighted by Gasteiger charge is -2.34. The molecular formula is C24H29FN6O5S. The van der Waals surface area contributed by atoms with E-state index in [0.717, 1.165) is 12.1 Å². The van der Waals surface area contributed by atoms with Gasteiger partial charge >= 0.3 is 5.69 Å². The lowest BCUT2D eigenvalue weighted by Crippen LogP contribution is -2.50. The van der Waals surface area contributed by atoms with Crippen LogP contribution >= 0.6 is 0 Å². The number of sulfonamides is 1. The van der Waals surface area contributed by atoms with Gasteiger partial charge in [0.2, 0.25) is 21.8 Å². The minimum absolute atomic E-state index is 0.000613. The predicted molar refractivity (Wildman–Crippen MR) is 135 cm³/mol. The fourth-order valence-corrected chi connectivity index (χ4v) is 5.79. The van der Waals surface area contributed by atoms with Gasteiger partial charge < -0.3 is 10.2 Å². The zero-order chi connectivity index (χ0) is 26.7. The molecule has 3 heterocycles. The van der Waals surface area contributed by atoms with E-state index in [2.05, 4.69) is 10.3 Å². The molecule has 0 atom stereocenters. The summed E-state index contributed by atoms with van der Waals surface area (Å²) in [4.78, 5) is 43.5. The van der Waals surface area contributed by atoms with Crippen LogP contribution in [0.1, 0.15) is 26.7 Å². The number of piperazine rings is 1. The summed E-state index contributed by atoms with van der Waals surface area (Å²) >= 11 is 0. The first-order chi connectivity index (χ1) is 17.6. The Hall–Kier alpha value is -3.58. The first kappa shape index (κ1) is 26.5. The number of nitrogens with one attached hydrogen (secondary N) is 1. The number of carbonyl (C=O) groups is 2. The Labute approximate surface area is 213 Å². The van der Waals surface area contributed by atoms with E-state index in [1.54, 1.807) is 16.7 Å². The van der Waals surface area contributed by atoms with Crippen molar-refractivity contribution in [2.45, 2.75) is 44.7 Å². The van der Waals surface area contributed by atoms with Gasteiger partial charge in [-0.2, -0.15) is 4.31 Å². The number of fused-ring (bicyclic) bond motifs is 1. The number of benzene rings is 1. The normalized spacial score (nSPS) is 14.7. The molecule has 4 rings (SSSR count). The van der Waals surface area contributed by atoms with Crippen LogP contribution in [0.3, 0.4) is 0 Å². The number of rotatable bonds is 8. The van der Waals surface area contributed by atoms with E-state index < -0.39 is 21.7 Å². The fraction of sp³-hybridized carbons (Fsp3) is 0.417. The summed E-state index contributed by atoms with van der Waals surface area (Å²) in [6.45, 7) is 5.28. The maximum Gasteiger partial charge on any atom is 0.330 e. The number of halogens is 1. The van der Waals surface area contributed by atoms with E-state index in [1.165, 1.54) is 25.9 Å². The molecule has 0 spiro atoms. The topological polar surface area (TPSA) is 127 Å². The molecule has 37 heavy (non-hydrogen) atoms. The molecule has 3 aromatic rings. The molecule has 1 aliphatic rings. The zero-order valence-corrected chi connectivity index (χ0v) is 21.5. The highest BCUT2D eigenvalue weighted by Crippen LogP contribution is 2.19. The summed E-state index contributed by atoms with van der Waals surface area (Å²) in [6, 6.07) is 7.97. The highest BCUT2D eigenvalue weighted by Gasteiger charge is 2.30. The first-order valence-corrected chi connectivity index (χ1v) is 13.5. The molecule has 1 fully saturated rings. The van der Waals surface area contributed by atoms with Crippen LogP contribution in [-0.2, 0) is 32.7 Å². The van der Waals surface area contributed by atoms with Crippen molar-refractivity contribution in [1.29, 1.82) is 0 Å². The van der Waals surface area contributed by atoms with Crippen LogP contribution in [-0.4, -0.2) is 69.7 Å². The van der Waals surface area contributed by atoms with E-state index in [4.69, 9.17) is 0 Å². The molecule has 11 nitrogen and oxygen atoms in total. The monoisotopic (exact) mass is 532 g/mol. The largest absolute Gasteiger partial charge is 0.340 e. The second kappa shape index (κ2) is 10.8. The minimum atomic E-state index is -3.78. The third-order valence-electron chi connectivity index (χ3n) is 6.37. The van der Waals surface area contributed by atoms with E-state index in [1.807, 2.05) is 13.8 Å². The highest BCUT2D eigenvalue weighted by molar-refractivity contribution is 7.89. The summed E-state index contributed by atoms with van der Waals surface area (Å²) in [7, 11) is -3.78. The Kier molecular flexibility index (Phi) is 7.73. The van der Waals surface area contributed by atoms with Crippen molar-refractivity contribution in [1.82, 2.24) is 23.3 Å². The lowest BCUT2D eigenvalue weighted by molar-refractivity contribution is -0.133. The van der Waals surface area contributed by atoms with Crippen LogP contribution in [0.2, 0.25) is 0 Å². The molecule has 0 unspecified atom stereocenters. The Morgan fingerprint density at radius 3 is 2.22 bits per heavy atom. The third-order valence-corrected chi connectivity index (χ3v) is 8.28. The summed E-state index contributed by atoms with van der Waals surface area (Å²) in [6.07, 6.45) is -0.103. The van der Waals surface area contributed by atoms with E-state index in [0.29, 0.717) is 30.1 Å². The maximum atomic E-state index is 13.1. The average Bonchev–Trinajstić information content (AvgIpc) is 3.17. The fourth-order valence-electron chi connectivity index (χ4n) is 4.37. The number of nitrogens with zero attached hydrogens (tertiary/aromatic N) is 5. The molecule has 1 aromatic carbocycles. The van der Waals surface area contributed by atoms with Crippen molar-refractivity contribution < 1.29 is 22.4 Å². The van der Waals surface area contributed by atoms with Crippen LogP contribution < -0.4 is 11.0 Å². The smallest absolute Gasteiger partial charge is 0.330 e. The number of anilines is 1. The second-order valence-corrected chi connectivity index (χ2v) is 10.5. The molecule has 1 N–H and O–H groups in total. The SMILES string of the molecule is CCn1c(=O)n(CC)c2nc(NC(=O)CCC(=O)N3CCN(S(=O)(=O)c4ccc(F)cc4)CC3)ccc21. The minimum Gasteiger partial charge on any atom is -0.340 e. The van der Waals surface area contributed by atoms with Gasteiger partial charge in [0.05, 0.1) is 10.4 Å². The molecule has 2 aromatic heterocycles. The standard InChI is InChI=1S/C24H29FN6O5S/c1-3-30-19-9-10-20(27-23(19)31(4-2)24(30)34)26-21(32)11-12-22(33)28-13-15-29(16-14-28)37(35,36)18-7-5-17(25)6-8-18/h5-10H,3-4,11-16H2,1-2H3,(H,26,27,32). The number of imidazole rings is 1. The van der Waals surface area contributed by atoms with Crippen LogP contribution in [0.4, 0.5) is 10.2 Å². The van der Waals surface area contributed by atoms with Gasteiger partial charge in [-0.05, 0) is 50.2 Å². The number of hydrogen-bond acceptors (Lipinski definition) is 6. The maximum absolute atomic E-state index is 13.1. The number of aromatic nitrogens is 3. The van der Waals surface area contributed by atoms with E-state index >= 15 is 0 Å². The van der Waals surface area contributed by atoms with Gasteiger partial charge in [-0.1, -0.05) is 0 Å². The van der Waals surface area contributed by atoms with Crippen molar-refractivity contribution in [2.24, 2.45) is 0 Å². The van der Waals surface area contributed by atoms with Gasteiger partial charge in [-0.15, -0.1) is 0 Å². The van der Waals surface area contributed by atoms with Gasteiger partial charge in [0.15, 0.2) is 5.65 Å². The molecule has 13 heteroatoms. The predicted octanol–water partition coefficient (Wildman–Crippen LogP) is 1.63. The molecule has 1 aliphatic heterocycles. The van der Waals surface area contributed by atoms with Crippen LogP contribution in [0.15, 0.2) is 46.1 Å². The highest BCUT2D eigenvalue weighted by atomic mass is 32.2. The zero-order valence-electron chi connectivity index (χ0n) is 20.7. The summed E-state index contributed by atoms with van der Waals surface area (Å²) in [5.41, 5.74) is 1.01. The second-order valence-electron chi connectivity index (χ2n) is 8.60. The van der Waals surface area contributed by atoms with Gasteiger partial charge in [0.1, 0.15) is 11.6 Å². The van der Waals surface area contributed by atoms with E-state index in [-0.39, 0.29) is 55.5 Å². The number of carbonyl (C=O) groups excluding carboxylic acids is 2. The summed E-state index contributed by atoms with van der Waals surface area (Å²) < 4.78 is 43.0. The molecule has 2 amide bonds. The summed E-state index contributed by atoms with van der Waals surface area (Å²) in [5.74, 6) is -0.873. The number of aryl methyl sites for hydroxylation is 2. The molecule has 0 radical (unpaired) electrons. The Morgan fingerprint density at radius 2 is 1.59 bits per heavy atom. The first-order valence-electron chi connectivity index (χ1n) is 12.1. The van der Waals surface area contributed by atoms with Crippen molar-refractivity contribution >= 4 is 38.8 Å². The van der Waals surface area contributed by atoms with Gasteiger partial charge in [0, 0.05) is 52.1 Å². The quantitative estimate of drug-likeness (QED) is 0.470. The van der Waals surface area contributed by atoms with Gasteiger partial charge in [0.25, 0.3) is 0 Å². The van der Waals surface area contributed by atoms with Crippen LogP contribution in [0.25, 0.3) is 11.2 Å². The molecule has 198 valence electrons. The number of pyridine rings is 1.